The fourth-order valence-corrected chi connectivity index (χ4v) is 3.34. The Morgan fingerprint density at radius 1 is 1.14 bits per heavy atom. The summed E-state index contributed by atoms with van der Waals surface area (Å²) in [6.07, 6.45) is 5.72. The zero-order valence-corrected chi connectivity index (χ0v) is 13.1. The smallest absolute Gasteiger partial charge is 0.315 e. The van der Waals surface area contributed by atoms with Crippen molar-refractivity contribution in [2.24, 2.45) is 0 Å². The summed E-state index contributed by atoms with van der Waals surface area (Å²) in [5.41, 5.74) is 1.71. The molecule has 1 aliphatic rings. The van der Waals surface area contributed by atoms with Crippen molar-refractivity contribution in [2.45, 2.75) is 44.0 Å². The monoisotopic (exact) mass is 310 g/mol. The fourth-order valence-electron chi connectivity index (χ4n) is 2.55. The van der Waals surface area contributed by atoms with Gasteiger partial charge in [0.05, 0.1) is 5.75 Å². The van der Waals surface area contributed by atoms with Gasteiger partial charge in [-0.1, -0.05) is 37.1 Å². The highest BCUT2D eigenvalue weighted by Crippen LogP contribution is 2.17. The highest BCUT2D eigenvalue weighted by molar-refractivity contribution is 7.89. The third kappa shape index (κ3) is 5.75. The van der Waals surface area contributed by atoms with E-state index in [1.807, 2.05) is 12.1 Å². The van der Waals surface area contributed by atoms with E-state index >= 15 is 0 Å². The second-order valence-electron chi connectivity index (χ2n) is 5.69. The molecule has 116 valence electrons. The molecule has 0 radical (unpaired) electrons. The Bertz CT molecular complexity index is 575. The third-order valence-electron chi connectivity index (χ3n) is 3.60. The lowest BCUT2D eigenvalue weighted by atomic mass is 10.1. The second kappa shape index (κ2) is 6.93. The molecule has 0 aliphatic heterocycles. The van der Waals surface area contributed by atoms with Gasteiger partial charge >= 0.3 is 6.03 Å². The van der Waals surface area contributed by atoms with Crippen LogP contribution in [0.25, 0.3) is 0 Å². The van der Waals surface area contributed by atoms with Gasteiger partial charge in [0.2, 0.25) is 0 Å². The number of rotatable bonds is 5. The second-order valence-corrected chi connectivity index (χ2v) is 7.84. The first kappa shape index (κ1) is 15.8. The highest BCUT2D eigenvalue weighted by Gasteiger charge is 2.16. The van der Waals surface area contributed by atoms with Crippen LogP contribution in [0.1, 0.15) is 36.8 Å². The number of carbonyl (C=O) groups excluding carboxylic acids is 1. The molecule has 0 spiro atoms. The van der Waals surface area contributed by atoms with Crippen LogP contribution in [0.4, 0.5) is 4.79 Å². The molecule has 1 aromatic rings. The first-order valence-corrected chi connectivity index (χ1v) is 9.28. The van der Waals surface area contributed by atoms with Crippen LogP contribution in [0.3, 0.4) is 0 Å². The van der Waals surface area contributed by atoms with Crippen LogP contribution >= 0.6 is 0 Å². The number of amides is 2. The minimum Gasteiger partial charge on any atom is -0.335 e. The summed E-state index contributed by atoms with van der Waals surface area (Å²) in [5.74, 6) is 0.0445. The Labute approximate surface area is 126 Å². The molecule has 1 fully saturated rings. The maximum Gasteiger partial charge on any atom is 0.315 e. The Balaban J connectivity index is 1.79. The van der Waals surface area contributed by atoms with E-state index in [0.29, 0.717) is 12.6 Å². The van der Waals surface area contributed by atoms with Crippen LogP contribution in [0.2, 0.25) is 0 Å². The van der Waals surface area contributed by atoms with Gasteiger partial charge in [0.25, 0.3) is 0 Å². The van der Waals surface area contributed by atoms with Crippen LogP contribution in [-0.2, 0) is 22.1 Å². The van der Waals surface area contributed by atoms with Gasteiger partial charge in [-0.05, 0) is 24.0 Å². The molecule has 1 aliphatic carbocycles. The van der Waals surface area contributed by atoms with Gasteiger partial charge in [0, 0.05) is 18.8 Å². The van der Waals surface area contributed by atoms with Crippen LogP contribution in [0.15, 0.2) is 24.3 Å². The van der Waals surface area contributed by atoms with Crippen LogP contribution in [0.5, 0.6) is 0 Å². The van der Waals surface area contributed by atoms with Crippen LogP contribution < -0.4 is 10.6 Å². The third-order valence-corrected chi connectivity index (χ3v) is 4.45. The van der Waals surface area contributed by atoms with Gasteiger partial charge in [0.15, 0.2) is 9.84 Å². The van der Waals surface area contributed by atoms with Crippen molar-refractivity contribution in [2.75, 3.05) is 6.26 Å². The van der Waals surface area contributed by atoms with Crippen molar-refractivity contribution in [1.82, 2.24) is 10.6 Å². The predicted molar refractivity (Wildman–Crippen MR) is 82.6 cm³/mol. The molecule has 0 saturated heterocycles. The van der Waals surface area contributed by atoms with E-state index < -0.39 is 9.84 Å². The Morgan fingerprint density at radius 3 is 2.29 bits per heavy atom. The average molecular weight is 310 g/mol. The normalized spacial score (nSPS) is 15.9. The van der Waals surface area contributed by atoms with Crippen LogP contribution in [-0.4, -0.2) is 26.7 Å². The van der Waals surface area contributed by atoms with Crippen LogP contribution in [0, 0.1) is 0 Å². The number of benzene rings is 1. The number of hydrogen-bond acceptors (Lipinski definition) is 3. The summed E-state index contributed by atoms with van der Waals surface area (Å²) in [7, 11) is -3.01. The molecule has 0 aromatic heterocycles. The van der Waals surface area contributed by atoms with E-state index in [1.54, 1.807) is 12.1 Å². The van der Waals surface area contributed by atoms with Crippen molar-refractivity contribution in [3.63, 3.8) is 0 Å². The summed E-state index contributed by atoms with van der Waals surface area (Å²) >= 11 is 0. The summed E-state index contributed by atoms with van der Waals surface area (Å²) < 4.78 is 22.4. The molecule has 21 heavy (non-hydrogen) atoms. The molecule has 2 rings (SSSR count). The fraction of sp³-hybridized carbons (Fsp3) is 0.533. The molecule has 0 bridgehead atoms. The van der Waals surface area contributed by atoms with Crippen molar-refractivity contribution in [3.8, 4) is 0 Å². The lowest BCUT2D eigenvalue weighted by Gasteiger charge is -2.13. The van der Waals surface area contributed by atoms with Gasteiger partial charge < -0.3 is 10.6 Å². The molecule has 2 N–H and O–H groups in total. The van der Waals surface area contributed by atoms with E-state index in [4.69, 9.17) is 0 Å². The largest absolute Gasteiger partial charge is 0.335 e. The Hall–Kier alpha value is -1.56. The lowest BCUT2D eigenvalue weighted by Crippen LogP contribution is -2.40. The molecule has 6 heteroatoms. The number of hydrogen-bond donors (Lipinski definition) is 2. The van der Waals surface area contributed by atoms with E-state index in [9.17, 15) is 13.2 Å². The number of urea groups is 1. The van der Waals surface area contributed by atoms with Crippen molar-refractivity contribution in [3.05, 3.63) is 35.4 Å². The lowest BCUT2D eigenvalue weighted by molar-refractivity contribution is 0.236. The maximum absolute atomic E-state index is 11.7. The van der Waals surface area contributed by atoms with Gasteiger partial charge in [-0.15, -0.1) is 0 Å². The van der Waals surface area contributed by atoms with Crippen molar-refractivity contribution < 1.29 is 13.2 Å². The number of sulfone groups is 1. The molecule has 0 atom stereocenters. The zero-order chi connectivity index (χ0) is 15.3. The minimum atomic E-state index is -3.01. The molecule has 2 amide bonds. The van der Waals surface area contributed by atoms with Gasteiger partial charge in [-0.3, -0.25) is 0 Å². The summed E-state index contributed by atoms with van der Waals surface area (Å²) in [6.45, 7) is 0.442. The first-order chi connectivity index (χ1) is 9.92. The molecule has 0 unspecified atom stereocenters. The molecule has 1 saturated carbocycles. The maximum atomic E-state index is 11.7. The van der Waals surface area contributed by atoms with E-state index in [0.717, 1.165) is 24.0 Å². The predicted octanol–water partition coefficient (Wildman–Crippen LogP) is 1.97. The molecular formula is C15H22N2O3S. The Kier molecular flexibility index (Phi) is 5.22. The SMILES string of the molecule is CS(=O)(=O)Cc1ccc(CNC(=O)NC2CCCC2)cc1. The zero-order valence-electron chi connectivity index (χ0n) is 12.3. The number of carbonyl (C=O) groups is 1. The summed E-state index contributed by atoms with van der Waals surface area (Å²) in [6, 6.07) is 7.43. The standard InChI is InChI=1S/C15H22N2O3S/c1-21(19,20)11-13-8-6-12(7-9-13)10-16-15(18)17-14-4-2-3-5-14/h6-9,14H,2-5,10-11H2,1H3,(H2,16,17,18). The molecule has 0 heterocycles. The van der Waals surface area contributed by atoms with Gasteiger partial charge in [-0.25, -0.2) is 13.2 Å². The van der Waals surface area contributed by atoms with E-state index in [1.165, 1.54) is 19.1 Å². The molecule has 1 aromatic carbocycles. The van der Waals surface area contributed by atoms with Crippen molar-refractivity contribution >= 4 is 15.9 Å². The van der Waals surface area contributed by atoms with Gasteiger partial charge in [0.1, 0.15) is 0 Å². The Morgan fingerprint density at radius 2 is 1.71 bits per heavy atom. The first-order valence-electron chi connectivity index (χ1n) is 7.22. The van der Waals surface area contributed by atoms with E-state index in [-0.39, 0.29) is 11.8 Å². The minimum absolute atomic E-state index is 0.0445. The number of nitrogens with one attached hydrogen (secondary N) is 2. The molecule has 5 nitrogen and oxygen atoms in total. The quantitative estimate of drug-likeness (QED) is 0.873. The average Bonchev–Trinajstić information content (AvgIpc) is 2.89. The summed E-state index contributed by atoms with van der Waals surface area (Å²) in [5, 5.41) is 5.79. The summed E-state index contributed by atoms with van der Waals surface area (Å²) in [4.78, 5) is 11.7. The molecular weight excluding hydrogens is 288 g/mol. The topological polar surface area (TPSA) is 75.3 Å². The van der Waals surface area contributed by atoms with Crippen molar-refractivity contribution in [1.29, 1.82) is 0 Å². The highest BCUT2D eigenvalue weighted by atomic mass is 32.2. The van der Waals surface area contributed by atoms with Gasteiger partial charge in [-0.2, -0.15) is 0 Å². The van der Waals surface area contributed by atoms with E-state index in [2.05, 4.69) is 10.6 Å².